The van der Waals surface area contributed by atoms with Crippen LogP contribution in [0.5, 0.6) is 11.5 Å². The highest BCUT2D eigenvalue weighted by atomic mass is 79.9. The monoisotopic (exact) mass is 464 g/mol. The molecular formula is C20H21BrN2O4S. The first-order valence-corrected chi connectivity index (χ1v) is 10.4. The summed E-state index contributed by atoms with van der Waals surface area (Å²) in [4.78, 5) is 19.3. The number of allylic oxidation sites excluding steroid dienone is 1. The largest absolute Gasteiger partial charge is 0.493 e. The van der Waals surface area contributed by atoms with Crippen molar-refractivity contribution in [3.63, 3.8) is 0 Å². The second-order valence-electron chi connectivity index (χ2n) is 5.96. The quantitative estimate of drug-likeness (QED) is 0.426. The van der Waals surface area contributed by atoms with Gasteiger partial charge in [-0.15, -0.1) is 0 Å². The zero-order chi connectivity index (χ0) is 20.3. The summed E-state index contributed by atoms with van der Waals surface area (Å²) in [6, 6.07) is 3.43. The van der Waals surface area contributed by atoms with Crippen LogP contribution in [-0.4, -0.2) is 36.4 Å². The molecule has 148 valence electrons. The number of hydrogen-bond acceptors (Lipinski definition) is 7. The minimum absolute atomic E-state index is 0.296. The van der Waals surface area contributed by atoms with Crippen LogP contribution in [0.25, 0.3) is 0 Å². The minimum atomic E-state index is -0.378. The number of thioether (sulfide) groups is 1. The highest BCUT2D eigenvalue weighted by molar-refractivity contribution is 9.10. The fourth-order valence-corrected chi connectivity index (χ4v) is 4.44. The number of ether oxygens (including phenoxy) is 3. The normalized spacial score (nSPS) is 17.9. The average molecular weight is 465 g/mol. The van der Waals surface area contributed by atoms with E-state index in [4.69, 9.17) is 14.2 Å². The Hall–Kier alpha value is -2.19. The number of aliphatic imine (C=N–C) groups is 1. The molecule has 0 aliphatic carbocycles. The van der Waals surface area contributed by atoms with Crippen molar-refractivity contribution in [1.29, 1.82) is 0 Å². The maximum atomic E-state index is 12.7. The molecular weight excluding hydrogens is 444 g/mol. The molecule has 2 heterocycles. The van der Waals surface area contributed by atoms with Crippen LogP contribution in [0, 0.1) is 0 Å². The lowest BCUT2D eigenvalue weighted by atomic mass is 9.94. The summed E-state index contributed by atoms with van der Waals surface area (Å²) in [5.41, 5.74) is 2.01. The van der Waals surface area contributed by atoms with Gasteiger partial charge in [-0.2, -0.15) is 0 Å². The molecule has 6 nitrogen and oxygen atoms in total. The van der Waals surface area contributed by atoms with Crippen LogP contribution in [0.4, 0.5) is 0 Å². The molecule has 8 heteroatoms. The number of methoxy groups -OCH3 is 1. The van der Waals surface area contributed by atoms with Gasteiger partial charge in [-0.25, -0.2) is 9.79 Å². The van der Waals surface area contributed by atoms with E-state index >= 15 is 0 Å². The van der Waals surface area contributed by atoms with Gasteiger partial charge >= 0.3 is 5.97 Å². The number of halogens is 1. The Bertz CT molecular complexity index is 894. The summed E-state index contributed by atoms with van der Waals surface area (Å²) in [5, 5.41) is 2.76. The van der Waals surface area contributed by atoms with E-state index in [1.807, 2.05) is 35.6 Å². The number of hydrogen-bond donors (Lipinski definition) is 0. The average Bonchev–Trinajstić information content (AvgIpc) is 3.13. The van der Waals surface area contributed by atoms with E-state index in [1.165, 1.54) is 11.8 Å². The lowest BCUT2D eigenvalue weighted by molar-refractivity contribution is -0.139. The van der Waals surface area contributed by atoms with Crippen LogP contribution in [0.15, 0.2) is 57.1 Å². The van der Waals surface area contributed by atoms with Crippen molar-refractivity contribution in [1.82, 2.24) is 4.90 Å². The molecule has 1 aromatic carbocycles. The molecule has 0 N–H and O–H groups in total. The maximum Gasteiger partial charge on any atom is 0.338 e. The Morgan fingerprint density at radius 3 is 2.93 bits per heavy atom. The number of esters is 1. The van der Waals surface area contributed by atoms with E-state index in [0.717, 1.165) is 15.2 Å². The third-order valence-electron chi connectivity index (χ3n) is 4.23. The van der Waals surface area contributed by atoms with Gasteiger partial charge in [-0.1, -0.05) is 24.4 Å². The predicted molar refractivity (Wildman–Crippen MR) is 114 cm³/mol. The van der Waals surface area contributed by atoms with Gasteiger partial charge in [0.05, 0.1) is 35.5 Å². The molecule has 2 aliphatic heterocycles. The van der Waals surface area contributed by atoms with Crippen molar-refractivity contribution in [2.24, 2.45) is 4.99 Å². The number of fused-ring (bicyclic) bond motifs is 1. The van der Waals surface area contributed by atoms with E-state index in [0.29, 0.717) is 36.0 Å². The molecule has 0 radical (unpaired) electrons. The molecule has 28 heavy (non-hydrogen) atoms. The summed E-state index contributed by atoms with van der Waals surface area (Å²) in [6.45, 7) is 7.94. The number of nitrogens with zero attached hydrogens (tertiary/aromatic N) is 2. The summed E-state index contributed by atoms with van der Waals surface area (Å²) in [6.07, 6.45) is 3.59. The van der Waals surface area contributed by atoms with Crippen molar-refractivity contribution in [2.75, 3.05) is 20.3 Å². The molecule has 1 aromatic rings. The summed E-state index contributed by atoms with van der Waals surface area (Å²) >= 11 is 5.08. The van der Waals surface area contributed by atoms with Crippen LogP contribution in [0.1, 0.15) is 25.5 Å². The van der Waals surface area contributed by atoms with Gasteiger partial charge in [0.2, 0.25) is 0 Å². The smallest absolute Gasteiger partial charge is 0.338 e. The number of carbonyl (C=O) groups is 1. The number of rotatable bonds is 7. The molecule has 2 aliphatic rings. The van der Waals surface area contributed by atoms with E-state index in [1.54, 1.807) is 20.1 Å². The first-order chi connectivity index (χ1) is 13.5. The fourth-order valence-electron chi connectivity index (χ4n) is 3.08. The maximum absolute atomic E-state index is 12.7. The highest BCUT2D eigenvalue weighted by Crippen LogP contribution is 2.45. The number of benzene rings is 1. The number of carbonyl (C=O) groups excluding carboxylic acids is 1. The van der Waals surface area contributed by atoms with E-state index in [2.05, 4.69) is 27.5 Å². The third kappa shape index (κ3) is 3.84. The summed E-state index contributed by atoms with van der Waals surface area (Å²) in [7, 11) is 1.58. The molecule has 0 unspecified atom stereocenters. The Morgan fingerprint density at radius 2 is 2.25 bits per heavy atom. The van der Waals surface area contributed by atoms with Crippen LogP contribution >= 0.6 is 27.7 Å². The Morgan fingerprint density at radius 1 is 1.46 bits per heavy atom. The fraction of sp³-hybridized carbons (Fsp3) is 0.300. The van der Waals surface area contributed by atoms with E-state index in [9.17, 15) is 4.79 Å². The first kappa shape index (κ1) is 20.5. The molecule has 3 rings (SSSR count). The molecule has 0 bridgehead atoms. The first-order valence-electron chi connectivity index (χ1n) is 8.71. The zero-order valence-electron chi connectivity index (χ0n) is 15.9. The topological polar surface area (TPSA) is 60.4 Å². The van der Waals surface area contributed by atoms with Crippen LogP contribution < -0.4 is 9.47 Å². The lowest BCUT2D eigenvalue weighted by Gasteiger charge is -2.33. The van der Waals surface area contributed by atoms with Crippen LogP contribution in [0.3, 0.4) is 0 Å². The van der Waals surface area contributed by atoms with Gasteiger partial charge in [0.15, 0.2) is 16.7 Å². The molecule has 0 saturated carbocycles. The van der Waals surface area contributed by atoms with Crippen LogP contribution in [0.2, 0.25) is 0 Å². The van der Waals surface area contributed by atoms with Gasteiger partial charge in [-0.05, 0) is 52.9 Å². The van der Waals surface area contributed by atoms with Gasteiger partial charge in [0, 0.05) is 6.20 Å². The van der Waals surface area contributed by atoms with Gasteiger partial charge in [0.25, 0.3) is 0 Å². The molecule has 0 fully saturated rings. The predicted octanol–water partition coefficient (Wildman–Crippen LogP) is 4.79. The summed E-state index contributed by atoms with van der Waals surface area (Å²) < 4.78 is 17.3. The highest BCUT2D eigenvalue weighted by Gasteiger charge is 2.38. The van der Waals surface area contributed by atoms with Crippen molar-refractivity contribution >= 4 is 38.8 Å². The lowest BCUT2D eigenvalue weighted by Crippen LogP contribution is -2.34. The molecule has 1 atom stereocenters. The molecule has 0 spiro atoms. The second-order valence-corrected chi connectivity index (χ2v) is 7.69. The summed E-state index contributed by atoms with van der Waals surface area (Å²) in [5.74, 6) is 0.771. The standard InChI is InChI=1S/C20H21BrN2O4S/c1-5-8-27-18-14(21)10-13(11-15(18)25-4)17-16(19(24)26-6-2)12(3)22-20-23(17)7-9-28-20/h5,7,9-11,17H,1,6,8H2,2-4H3/t17-/m1/s1. The van der Waals surface area contributed by atoms with Crippen molar-refractivity contribution in [3.05, 3.63) is 57.7 Å². The molecule has 0 amide bonds. The number of amidine groups is 1. The van der Waals surface area contributed by atoms with Crippen LogP contribution in [-0.2, 0) is 9.53 Å². The van der Waals surface area contributed by atoms with Gasteiger partial charge in [0.1, 0.15) is 6.61 Å². The van der Waals surface area contributed by atoms with Crippen molar-refractivity contribution < 1.29 is 19.0 Å². The van der Waals surface area contributed by atoms with Gasteiger partial charge < -0.3 is 19.1 Å². The van der Waals surface area contributed by atoms with E-state index in [-0.39, 0.29) is 12.0 Å². The third-order valence-corrected chi connectivity index (χ3v) is 5.59. The Balaban J connectivity index is 2.12. The second kappa shape index (κ2) is 8.87. The Labute approximate surface area is 177 Å². The van der Waals surface area contributed by atoms with Crippen molar-refractivity contribution in [3.8, 4) is 11.5 Å². The zero-order valence-corrected chi connectivity index (χ0v) is 18.3. The van der Waals surface area contributed by atoms with Crippen molar-refractivity contribution in [2.45, 2.75) is 19.9 Å². The molecule has 0 aromatic heterocycles. The minimum Gasteiger partial charge on any atom is -0.493 e. The SMILES string of the molecule is C=CCOc1c(Br)cc([C@@H]2C(C(=O)OCC)=C(C)N=C3SC=CN32)cc1OC. The molecule has 0 saturated heterocycles. The van der Waals surface area contributed by atoms with Gasteiger partial charge in [-0.3, -0.25) is 0 Å². The van der Waals surface area contributed by atoms with E-state index < -0.39 is 0 Å². The Kier molecular flexibility index (Phi) is 6.51.